The summed E-state index contributed by atoms with van der Waals surface area (Å²) in [6.07, 6.45) is 7.72. The van der Waals surface area contributed by atoms with Gasteiger partial charge in [0.15, 0.2) is 0 Å². The first kappa shape index (κ1) is 15.0. The molecule has 1 saturated heterocycles. The third kappa shape index (κ3) is 8.32. The van der Waals surface area contributed by atoms with Crippen LogP contribution in [0.25, 0.3) is 0 Å². The summed E-state index contributed by atoms with van der Waals surface area (Å²) in [5.41, 5.74) is 0. The highest BCUT2D eigenvalue weighted by atomic mass is 16.2. The molecule has 0 atom stereocenters. The van der Waals surface area contributed by atoms with Crippen molar-refractivity contribution in [2.75, 3.05) is 27.2 Å². The zero-order chi connectivity index (χ0) is 12.2. The molecule has 1 aliphatic heterocycles. The molecule has 0 amide bonds. The van der Waals surface area contributed by atoms with E-state index < -0.39 is 0 Å². The average Bonchev–Trinajstić information content (AvgIpc) is 2.34. The van der Waals surface area contributed by atoms with Crippen LogP contribution in [0.3, 0.4) is 0 Å². The van der Waals surface area contributed by atoms with Gasteiger partial charge in [0.1, 0.15) is 5.82 Å². The maximum Gasteiger partial charge on any atom is 0.125 e. The van der Waals surface area contributed by atoms with Crippen molar-refractivity contribution in [1.82, 2.24) is 14.9 Å². The summed E-state index contributed by atoms with van der Waals surface area (Å²) >= 11 is 0. The Morgan fingerprint density at radius 2 is 1.56 bits per heavy atom. The van der Waals surface area contributed by atoms with Gasteiger partial charge in [0.05, 0.1) is 0 Å². The van der Waals surface area contributed by atoms with E-state index in [9.17, 15) is 0 Å². The van der Waals surface area contributed by atoms with Gasteiger partial charge >= 0.3 is 0 Å². The number of rotatable bonds is 0. The molecule has 0 aromatic carbocycles. The number of aliphatic hydroxyl groups excluding tert-OH is 1. The Balaban J connectivity index is 0.000000244. The van der Waals surface area contributed by atoms with Gasteiger partial charge in [-0.1, -0.05) is 6.42 Å². The Kier molecular flexibility index (Phi) is 9.86. The molecule has 1 aromatic heterocycles. The molecule has 1 fully saturated rings. The molecule has 0 aliphatic carbocycles. The SMILES string of the molecule is CN1CCCCC1.CO.Cc1ncccn1. The molecule has 4 nitrogen and oxygen atoms in total. The van der Waals surface area contributed by atoms with E-state index in [0.717, 1.165) is 12.9 Å². The number of nitrogens with zero attached hydrogens (tertiary/aromatic N) is 3. The van der Waals surface area contributed by atoms with Gasteiger partial charge in [-0.15, -0.1) is 0 Å². The number of piperidine rings is 1. The molecule has 16 heavy (non-hydrogen) atoms. The normalized spacial score (nSPS) is 15.2. The largest absolute Gasteiger partial charge is 0.400 e. The van der Waals surface area contributed by atoms with Crippen LogP contribution in [0.4, 0.5) is 0 Å². The highest BCUT2D eigenvalue weighted by molar-refractivity contribution is 4.83. The molecule has 1 aromatic rings. The zero-order valence-corrected chi connectivity index (χ0v) is 10.6. The van der Waals surface area contributed by atoms with Crippen LogP contribution in [-0.4, -0.2) is 47.2 Å². The van der Waals surface area contributed by atoms with E-state index in [4.69, 9.17) is 5.11 Å². The second kappa shape index (κ2) is 10.5. The summed E-state index contributed by atoms with van der Waals surface area (Å²) < 4.78 is 0. The Morgan fingerprint density at radius 1 is 1.06 bits per heavy atom. The summed E-state index contributed by atoms with van der Waals surface area (Å²) in [5.74, 6) is 0.822. The van der Waals surface area contributed by atoms with E-state index in [0.29, 0.717) is 0 Å². The minimum atomic E-state index is 0.822. The first-order valence-corrected chi connectivity index (χ1v) is 5.66. The van der Waals surface area contributed by atoms with Crippen molar-refractivity contribution in [3.63, 3.8) is 0 Å². The van der Waals surface area contributed by atoms with E-state index in [-0.39, 0.29) is 0 Å². The van der Waals surface area contributed by atoms with Gasteiger partial charge in [0.25, 0.3) is 0 Å². The highest BCUT2D eigenvalue weighted by Crippen LogP contribution is 2.04. The maximum atomic E-state index is 7.00. The zero-order valence-electron chi connectivity index (χ0n) is 10.6. The lowest BCUT2D eigenvalue weighted by Gasteiger charge is -2.20. The molecule has 0 bridgehead atoms. The second-order valence-electron chi connectivity index (χ2n) is 3.66. The maximum absolute atomic E-state index is 7.00. The van der Waals surface area contributed by atoms with E-state index in [2.05, 4.69) is 21.9 Å². The van der Waals surface area contributed by atoms with Gasteiger partial charge < -0.3 is 10.0 Å². The second-order valence-corrected chi connectivity index (χ2v) is 3.66. The van der Waals surface area contributed by atoms with Gasteiger partial charge in [-0.05, 0) is 46.0 Å². The fourth-order valence-corrected chi connectivity index (χ4v) is 1.43. The van der Waals surface area contributed by atoms with Crippen LogP contribution in [0.15, 0.2) is 18.5 Å². The number of hydrogen-bond donors (Lipinski definition) is 1. The summed E-state index contributed by atoms with van der Waals surface area (Å²) in [6.45, 7) is 4.50. The molecular weight excluding hydrogens is 202 g/mol. The van der Waals surface area contributed by atoms with Crippen molar-refractivity contribution in [1.29, 1.82) is 0 Å². The van der Waals surface area contributed by atoms with E-state index in [1.165, 1.54) is 32.4 Å². The van der Waals surface area contributed by atoms with Crippen LogP contribution in [-0.2, 0) is 0 Å². The van der Waals surface area contributed by atoms with E-state index in [1.807, 2.05) is 6.92 Å². The molecule has 1 aliphatic rings. The predicted octanol–water partition coefficient (Wildman–Crippen LogP) is 1.50. The minimum absolute atomic E-state index is 0.822. The Labute approximate surface area is 98.4 Å². The summed E-state index contributed by atoms with van der Waals surface area (Å²) in [4.78, 5) is 10.1. The van der Waals surface area contributed by atoms with E-state index >= 15 is 0 Å². The van der Waals surface area contributed by atoms with Crippen LogP contribution in [0.1, 0.15) is 25.1 Å². The predicted molar refractivity (Wildman–Crippen MR) is 66.3 cm³/mol. The van der Waals surface area contributed by atoms with Crippen molar-refractivity contribution in [2.45, 2.75) is 26.2 Å². The molecule has 0 saturated carbocycles. The first-order valence-electron chi connectivity index (χ1n) is 5.66. The Morgan fingerprint density at radius 3 is 1.81 bits per heavy atom. The Hall–Kier alpha value is -1.00. The number of hydrogen-bond acceptors (Lipinski definition) is 4. The van der Waals surface area contributed by atoms with Gasteiger partial charge in [0, 0.05) is 19.5 Å². The molecule has 0 radical (unpaired) electrons. The van der Waals surface area contributed by atoms with Crippen LogP contribution in [0.2, 0.25) is 0 Å². The third-order valence-corrected chi connectivity index (χ3v) is 2.27. The fourth-order valence-electron chi connectivity index (χ4n) is 1.43. The number of aromatic nitrogens is 2. The number of aryl methyl sites for hydroxylation is 1. The van der Waals surface area contributed by atoms with Gasteiger partial charge in [-0.3, -0.25) is 0 Å². The molecular formula is C12H23N3O. The lowest BCUT2D eigenvalue weighted by atomic mass is 10.1. The van der Waals surface area contributed by atoms with Crippen molar-refractivity contribution in [3.05, 3.63) is 24.3 Å². The highest BCUT2D eigenvalue weighted by Gasteiger charge is 2.02. The topological polar surface area (TPSA) is 49.2 Å². The number of likely N-dealkylation sites (tertiary alicyclic amines) is 1. The quantitative estimate of drug-likeness (QED) is 0.727. The lowest BCUT2D eigenvalue weighted by molar-refractivity contribution is 0.277. The molecule has 0 spiro atoms. The summed E-state index contributed by atoms with van der Waals surface area (Å²) in [6, 6.07) is 1.80. The summed E-state index contributed by atoms with van der Waals surface area (Å²) in [5, 5.41) is 7.00. The Bertz CT molecular complexity index is 235. The smallest absolute Gasteiger partial charge is 0.125 e. The third-order valence-electron chi connectivity index (χ3n) is 2.27. The standard InChI is InChI=1S/C6H13N.C5H6N2.CH4O/c1-7-5-3-2-4-6-7;1-5-6-3-2-4-7-5;1-2/h2-6H2,1H3;2-4H,1H3;2H,1H3. The molecule has 0 unspecified atom stereocenters. The van der Waals surface area contributed by atoms with Crippen LogP contribution >= 0.6 is 0 Å². The van der Waals surface area contributed by atoms with Crippen molar-refractivity contribution < 1.29 is 5.11 Å². The van der Waals surface area contributed by atoms with Crippen molar-refractivity contribution in [2.24, 2.45) is 0 Å². The lowest BCUT2D eigenvalue weighted by Crippen LogP contribution is -2.24. The molecule has 2 rings (SSSR count). The van der Waals surface area contributed by atoms with Crippen LogP contribution < -0.4 is 0 Å². The molecule has 1 N–H and O–H groups in total. The summed E-state index contributed by atoms with van der Waals surface area (Å²) in [7, 11) is 3.19. The molecule has 2 heterocycles. The van der Waals surface area contributed by atoms with Crippen LogP contribution in [0, 0.1) is 6.92 Å². The van der Waals surface area contributed by atoms with Gasteiger partial charge in [-0.2, -0.15) is 0 Å². The van der Waals surface area contributed by atoms with E-state index in [1.54, 1.807) is 18.5 Å². The first-order chi connectivity index (χ1) is 7.79. The van der Waals surface area contributed by atoms with Gasteiger partial charge in [-0.25, -0.2) is 9.97 Å². The minimum Gasteiger partial charge on any atom is -0.400 e. The fraction of sp³-hybridized carbons (Fsp3) is 0.667. The van der Waals surface area contributed by atoms with Crippen LogP contribution in [0.5, 0.6) is 0 Å². The van der Waals surface area contributed by atoms with Gasteiger partial charge in [0.2, 0.25) is 0 Å². The molecule has 92 valence electrons. The monoisotopic (exact) mass is 225 g/mol. The van der Waals surface area contributed by atoms with Crippen molar-refractivity contribution in [3.8, 4) is 0 Å². The average molecular weight is 225 g/mol. The molecule has 4 heteroatoms. The number of aliphatic hydroxyl groups is 1. The van der Waals surface area contributed by atoms with Crippen molar-refractivity contribution >= 4 is 0 Å².